The summed E-state index contributed by atoms with van der Waals surface area (Å²) < 4.78 is 17.7. The molecule has 0 aromatic heterocycles. The maximum atomic E-state index is 5.45. The Kier molecular flexibility index (Phi) is 19.3. The molecule has 0 saturated carbocycles. The molecule has 0 spiro atoms. The normalized spacial score (nSPS) is 12.0. The van der Waals surface area contributed by atoms with Gasteiger partial charge in [0.2, 0.25) is 0 Å². The third kappa shape index (κ3) is 14.0. The minimum atomic E-state index is -2.32. The van der Waals surface area contributed by atoms with Crippen LogP contribution in [0.25, 0.3) is 0 Å². The Labute approximate surface area is 166 Å². The molecule has 0 saturated heterocycles. The van der Waals surface area contributed by atoms with Crippen molar-refractivity contribution in [1.29, 1.82) is 0 Å². The molecule has 0 fully saturated rings. The Hall–Kier alpha value is 0.827. The van der Waals surface area contributed by atoms with Crippen molar-refractivity contribution in [3.8, 4) is 0 Å². The average molecular weight is 473 g/mol. The predicted molar refractivity (Wildman–Crippen MR) is 115 cm³/mol. The van der Waals surface area contributed by atoms with Crippen molar-refractivity contribution >= 4 is 31.4 Å². The second-order valence-corrected chi connectivity index (χ2v) is 10.9. The van der Waals surface area contributed by atoms with Crippen LogP contribution in [0.15, 0.2) is 0 Å². The lowest BCUT2D eigenvalue weighted by atomic mass is 10.0. The molecule has 5 heteroatoms. The van der Waals surface area contributed by atoms with Crippen molar-refractivity contribution in [3.05, 3.63) is 0 Å². The molecule has 0 atom stereocenters. The quantitative estimate of drug-likeness (QED) is 0.0900. The summed E-state index contributed by atoms with van der Waals surface area (Å²) in [7, 11) is 2.77. The molecule has 0 aliphatic carbocycles. The SMILES string of the molecule is CO[Si](CCCCCCCCCCCCCCCCI)(OC)OC. The van der Waals surface area contributed by atoms with Crippen LogP contribution in [0.1, 0.15) is 89.9 Å². The van der Waals surface area contributed by atoms with E-state index in [1.54, 1.807) is 21.3 Å². The summed E-state index contributed by atoms with van der Waals surface area (Å²) in [6, 6.07) is 0.939. The Bertz CT molecular complexity index is 243. The van der Waals surface area contributed by atoms with Gasteiger partial charge >= 0.3 is 8.80 Å². The lowest BCUT2D eigenvalue weighted by Gasteiger charge is -2.24. The van der Waals surface area contributed by atoms with Gasteiger partial charge in [-0.25, -0.2) is 0 Å². The molecule has 24 heavy (non-hydrogen) atoms. The molecule has 0 amide bonds. The summed E-state index contributed by atoms with van der Waals surface area (Å²) in [6.45, 7) is 0. The molecule has 3 nitrogen and oxygen atoms in total. The third-order valence-corrected chi connectivity index (χ3v) is 8.39. The van der Waals surface area contributed by atoms with Gasteiger partial charge in [-0.15, -0.1) is 0 Å². The van der Waals surface area contributed by atoms with Gasteiger partial charge in [0.15, 0.2) is 0 Å². The fourth-order valence-electron chi connectivity index (χ4n) is 3.11. The van der Waals surface area contributed by atoms with Crippen LogP contribution in [0.2, 0.25) is 6.04 Å². The highest BCUT2D eigenvalue weighted by Crippen LogP contribution is 2.18. The van der Waals surface area contributed by atoms with E-state index >= 15 is 0 Å². The van der Waals surface area contributed by atoms with E-state index in [0.29, 0.717) is 0 Å². The zero-order valence-electron chi connectivity index (χ0n) is 16.4. The highest BCUT2D eigenvalue weighted by Gasteiger charge is 2.36. The number of halogens is 1. The van der Waals surface area contributed by atoms with E-state index in [0.717, 1.165) is 12.5 Å². The van der Waals surface area contributed by atoms with Crippen LogP contribution in [0.5, 0.6) is 0 Å². The van der Waals surface area contributed by atoms with Crippen LogP contribution >= 0.6 is 22.6 Å². The summed E-state index contributed by atoms with van der Waals surface area (Å²) in [5.41, 5.74) is 0. The topological polar surface area (TPSA) is 27.7 Å². The fraction of sp³-hybridized carbons (Fsp3) is 1.00. The molecule has 0 heterocycles. The van der Waals surface area contributed by atoms with E-state index < -0.39 is 8.80 Å². The first-order valence-corrected chi connectivity index (χ1v) is 13.4. The molecular weight excluding hydrogens is 431 g/mol. The minimum absolute atomic E-state index is 0.939. The van der Waals surface area contributed by atoms with Crippen molar-refractivity contribution in [2.45, 2.75) is 95.9 Å². The van der Waals surface area contributed by atoms with Gasteiger partial charge in [-0.2, -0.15) is 0 Å². The van der Waals surface area contributed by atoms with Crippen LogP contribution in [-0.2, 0) is 13.3 Å². The molecular formula is C19H41IO3Si. The summed E-state index contributed by atoms with van der Waals surface area (Å²) >= 11 is 2.48. The highest BCUT2D eigenvalue weighted by molar-refractivity contribution is 14.1. The molecule has 0 radical (unpaired) electrons. The largest absolute Gasteiger partial charge is 0.500 e. The van der Waals surface area contributed by atoms with E-state index in [9.17, 15) is 0 Å². The Morgan fingerprint density at radius 3 is 1.08 bits per heavy atom. The van der Waals surface area contributed by atoms with Crippen molar-refractivity contribution < 1.29 is 13.3 Å². The number of hydrogen-bond donors (Lipinski definition) is 0. The number of rotatable bonds is 19. The molecule has 0 bridgehead atoms. The summed E-state index contributed by atoms with van der Waals surface area (Å²) in [5, 5.41) is 0. The number of unbranched alkanes of at least 4 members (excludes halogenated alkanes) is 13. The molecule has 146 valence electrons. The second kappa shape index (κ2) is 18.6. The molecule has 0 unspecified atom stereocenters. The lowest BCUT2D eigenvalue weighted by Crippen LogP contribution is -2.42. The van der Waals surface area contributed by atoms with E-state index in [-0.39, 0.29) is 0 Å². The van der Waals surface area contributed by atoms with Crippen molar-refractivity contribution in [3.63, 3.8) is 0 Å². The molecule has 0 aliphatic rings. The third-order valence-electron chi connectivity index (χ3n) is 4.80. The first-order valence-electron chi connectivity index (χ1n) is 9.96. The first kappa shape index (κ1) is 24.8. The van der Waals surface area contributed by atoms with Crippen molar-refractivity contribution in [2.24, 2.45) is 0 Å². The summed E-state index contributed by atoms with van der Waals surface area (Å²) in [6.07, 6.45) is 19.5. The van der Waals surface area contributed by atoms with E-state index in [1.807, 2.05) is 0 Å². The zero-order chi connectivity index (χ0) is 17.9. The monoisotopic (exact) mass is 472 g/mol. The standard InChI is InChI=1S/C19H41IO3Si/c1-21-24(22-2,23-3)19-17-15-13-11-9-7-5-4-6-8-10-12-14-16-18-20/h4-19H2,1-3H3. The van der Waals surface area contributed by atoms with Gasteiger partial charge in [-0.05, 0) is 17.3 Å². The summed E-state index contributed by atoms with van der Waals surface area (Å²) in [5.74, 6) is 0. The van der Waals surface area contributed by atoms with Crippen LogP contribution in [-0.4, -0.2) is 34.6 Å². The molecule has 0 N–H and O–H groups in total. The van der Waals surface area contributed by atoms with Gasteiger partial charge < -0.3 is 13.3 Å². The molecule has 0 rings (SSSR count). The predicted octanol–water partition coefficient (Wildman–Crippen LogP) is 6.76. The van der Waals surface area contributed by atoms with Crippen LogP contribution in [0, 0.1) is 0 Å². The van der Waals surface area contributed by atoms with Crippen LogP contribution in [0.4, 0.5) is 0 Å². The maximum absolute atomic E-state index is 5.45. The first-order chi connectivity index (χ1) is 11.7. The number of hydrogen-bond acceptors (Lipinski definition) is 3. The second-order valence-electron chi connectivity index (χ2n) is 6.68. The Morgan fingerprint density at radius 1 is 0.500 bits per heavy atom. The molecule has 0 aromatic rings. The Morgan fingerprint density at radius 2 is 0.792 bits per heavy atom. The van der Waals surface area contributed by atoms with Gasteiger partial charge in [0.1, 0.15) is 0 Å². The molecule has 0 aromatic carbocycles. The summed E-state index contributed by atoms with van der Waals surface area (Å²) in [4.78, 5) is 0. The van der Waals surface area contributed by atoms with E-state index in [2.05, 4.69) is 22.6 Å². The smallest absolute Gasteiger partial charge is 0.377 e. The average Bonchev–Trinajstić information content (AvgIpc) is 2.62. The minimum Gasteiger partial charge on any atom is -0.377 e. The van der Waals surface area contributed by atoms with Gasteiger partial charge in [-0.3, -0.25) is 0 Å². The van der Waals surface area contributed by atoms with Gasteiger partial charge in [0.25, 0.3) is 0 Å². The van der Waals surface area contributed by atoms with Gasteiger partial charge in [0, 0.05) is 27.4 Å². The lowest BCUT2D eigenvalue weighted by molar-refractivity contribution is 0.122. The number of alkyl halides is 1. The fourth-order valence-corrected chi connectivity index (χ4v) is 5.45. The van der Waals surface area contributed by atoms with E-state index in [1.165, 1.54) is 87.9 Å². The maximum Gasteiger partial charge on any atom is 0.500 e. The Balaban J connectivity index is 3.23. The van der Waals surface area contributed by atoms with Crippen LogP contribution < -0.4 is 0 Å². The highest BCUT2D eigenvalue weighted by atomic mass is 127. The molecule has 0 aliphatic heterocycles. The van der Waals surface area contributed by atoms with Gasteiger partial charge in [-0.1, -0.05) is 99.6 Å². The van der Waals surface area contributed by atoms with Gasteiger partial charge in [0.05, 0.1) is 0 Å². The van der Waals surface area contributed by atoms with Crippen molar-refractivity contribution in [1.82, 2.24) is 0 Å². The zero-order valence-corrected chi connectivity index (χ0v) is 19.6. The van der Waals surface area contributed by atoms with E-state index in [4.69, 9.17) is 13.3 Å². The van der Waals surface area contributed by atoms with Crippen LogP contribution in [0.3, 0.4) is 0 Å². The van der Waals surface area contributed by atoms with Crippen molar-refractivity contribution in [2.75, 3.05) is 25.8 Å².